The fraction of sp³-hybridized carbons (Fsp3) is 0.423. The van der Waals surface area contributed by atoms with Crippen LogP contribution in [0.4, 0.5) is 17.6 Å². The molecule has 40 heavy (non-hydrogen) atoms. The lowest BCUT2D eigenvalue weighted by Crippen LogP contribution is -2.51. The van der Waals surface area contributed by atoms with E-state index in [1.54, 1.807) is 23.0 Å². The van der Waals surface area contributed by atoms with E-state index in [1.807, 2.05) is 19.1 Å². The molecule has 0 amide bonds. The van der Waals surface area contributed by atoms with Crippen LogP contribution in [-0.2, 0) is 16.6 Å². The highest BCUT2D eigenvalue weighted by atomic mass is 32.2. The minimum absolute atomic E-state index is 0.0969. The molecule has 5 rings (SSSR count). The molecule has 1 saturated heterocycles. The Kier molecular flexibility index (Phi) is 7.44. The van der Waals surface area contributed by atoms with Crippen LogP contribution < -0.4 is 0 Å². The van der Waals surface area contributed by atoms with Gasteiger partial charge in [0.05, 0.1) is 23.6 Å². The molecule has 1 aliphatic heterocycles. The van der Waals surface area contributed by atoms with Gasteiger partial charge in [0.2, 0.25) is 5.03 Å². The summed E-state index contributed by atoms with van der Waals surface area (Å²) in [6, 6.07) is 9.68. The summed E-state index contributed by atoms with van der Waals surface area (Å²) in [6.07, 6.45) is -2.00. The lowest BCUT2D eigenvalue weighted by atomic mass is 9.96. The van der Waals surface area contributed by atoms with Crippen molar-refractivity contribution in [2.24, 2.45) is 5.92 Å². The topological polar surface area (TPSA) is 89.2 Å². The van der Waals surface area contributed by atoms with E-state index < -0.39 is 27.8 Å². The highest BCUT2D eigenvalue weighted by Crippen LogP contribution is 2.34. The first-order valence-corrected chi connectivity index (χ1v) is 14.2. The summed E-state index contributed by atoms with van der Waals surface area (Å²) in [4.78, 5) is 2.58. The van der Waals surface area contributed by atoms with Crippen LogP contribution in [0.3, 0.4) is 0 Å². The van der Waals surface area contributed by atoms with Crippen LogP contribution in [0, 0.1) is 18.7 Å². The molecule has 1 atom stereocenters. The fourth-order valence-corrected chi connectivity index (χ4v) is 6.41. The number of nitrogens with zero attached hydrogens (tertiary/aromatic N) is 7. The van der Waals surface area contributed by atoms with Gasteiger partial charge in [0.1, 0.15) is 5.82 Å². The number of rotatable bonds is 7. The van der Waals surface area contributed by atoms with Crippen molar-refractivity contribution in [3.8, 4) is 5.69 Å². The normalized spacial score (nSPS) is 17.8. The van der Waals surface area contributed by atoms with E-state index in [2.05, 4.69) is 34.0 Å². The van der Waals surface area contributed by atoms with Gasteiger partial charge >= 0.3 is 6.18 Å². The fourth-order valence-electron chi connectivity index (χ4n) is 5.11. The zero-order valence-electron chi connectivity index (χ0n) is 22.2. The number of aromatic nitrogens is 5. The molecular formula is C26H29F4N7O2S. The van der Waals surface area contributed by atoms with Crippen molar-refractivity contribution in [3.63, 3.8) is 0 Å². The predicted octanol–water partition coefficient (Wildman–Crippen LogP) is 4.33. The molecule has 9 nitrogen and oxygen atoms in total. The largest absolute Gasteiger partial charge is 0.409 e. The van der Waals surface area contributed by atoms with E-state index >= 15 is 0 Å². The van der Waals surface area contributed by atoms with E-state index in [0.29, 0.717) is 22.9 Å². The summed E-state index contributed by atoms with van der Waals surface area (Å²) in [6.45, 7) is 6.07. The van der Waals surface area contributed by atoms with Crippen LogP contribution in [0.1, 0.15) is 31.0 Å². The number of aryl methyl sites for hydroxylation is 1. The third kappa shape index (κ3) is 5.74. The molecule has 0 saturated carbocycles. The molecular weight excluding hydrogens is 550 g/mol. The molecule has 0 radical (unpaired) electrons. The van der Waals surface area contributed by atoms with Crippen LogP contribution in [-0.4, -0.2) is 74.8 Å². The van der Waals surface area contributed by atoms with Gasteiger partial charge in [0.25, 0.3) is 10.0 Å². The number of hydrogen-bond donors (Lipinski definition) is 0. The van der Waals surface area contributed by atoms with E-state index in [4.69, 9.17) is 0 Å². The van der Waals surface area contributed by atoms with Gasteiger partial charge in [-0.3, -0.25) is 4.90 Å². The third-order valence-electron chi connectivity index (χ3n) is 6.88. The van der Waals surface area contributed by atoms with E-state index in [1.165, 1.54) is 16.4 Å². The molecule has 0 aliphatic carbocycles. The summed E-state index contributed by atoms with van der Waals surface area (Å²) < 4.78 is 81.6. The Labute approximate surface area is 229 Å². The molecule has 0 N–H and O–H groups in total. The van der Waals surface area contributed by atoms with Crippen LogP contribution >= 0.6 is 0 Å². The van der Waals surface area contributed by atoms with Gasteiger partial charge in [-0.05, 0) is 60.4 Å². The van der Waals surface area contributed by atoms with Gasteiger partial charge in [0.15, 0.2) is 6.54 Å². The van der Waals surface area contributed by atoms with Crippen LogP contribution in [0.25, 0.3) is 16.6 Å². The summed E-state index contributed by atoms with van der Waals surface area (Å²) in [5.41, 5.74) is 3.38. The third-order valence-corrected chi connectivity index (χ3v) is 8.61. The van der Waals surface area contributed by atoms with Crippen molar-refractivity contribution in [3.05, 3.63) is 65.7 Å². The highest BCUT2D eigenvalue weighted by Gasteiger charge is 2.38. The minimum Gasteiger partial charge on any atom is -0.293 e. The van der Waals surface area contributed by atoms with Crippen molar-refractivity contribution >= 4 is 20.9 Å². The summed E-state index contributed by atoms with van der Waals surface area (Å²) in [5, 5.41) is 11.9. The quantitative estimate of drug-likeness (QED) is 0.303. The number of hydrogen-bond acceptors (Lipinski definition) is 6. The molecule has 0 bridgehead atoms. The monoisotopic (exact) mass is 579 g/mol. The summed E-state index contributed by atoms with van der Waals surface area (Å²) >= 11 is 0. The maximum Gasteiger partial charge on any atom is 0.409 e. The van der Waals surface area contributed by atoms with Gasteiger partial charge < -0.3 is 0 Å². The molecule has 4 aromatic rings. The van der Waals surface area contributed by atoms with Crippen molar-refractivity contribution < 1.29 is 26.0 Å². The zero-order chi connectivity index (χ0) is 28.8. The predicted molar refractivity (Wildman–Crippen MR) is 140 cm³/mol. The number of benzene rings is 2. The first-order valence-electron chi connectivity index (χ1n) is 12.8. The van der Waals surface area contributed by atoms with Crippen molar-refractivity contribution in [2.75, 3.05) is 26.2 Å². The number of fused-ring (bicyclic) bond motifs is 1. The number of halogens is 4. The molecule has 1 fully saturated rings. The smallest absolute Gasteiger partial charge is 0.293 e. The second-order valence-electron chi connectivity index (χ2n) is 10.4. The zero-order valence-corrected chi connectivity index (χ0v) is 23.0. The number of sulfonamides is 1. The average molecular weight is 580 g/mol. The Morgan fingerprint density at radius 1 is 1.05 bits per heavy atom. The molecule has 0 unspecified atom stereocenters. The Balaban J connectivity index is 1.48. The first-order chi connectivity index (χ1) is 18.8. The van der Waals surface area contributed by atoms with Crippen molar-refractivity contribution in [1.29, 1.82) is 0 Å². The van der Waals surface area contributed by atoms with Crippen molar-refractivity contribution in [1.82, 2.24) is 34.0 Å². The Hall–Kier alpha value is -3.36. The van der Waals surface area contributed by atoms with Gasteiger partial charge in [-0.1, -0.05) is 13.8 Å². The average Bonchev–Trinajstić information content (AvgIpc) is 3.50. The maximum atomic E-state index is 13.4. The Morgan fingerprint density at radius 3 is 2.45 bits per heavy atom. The molecule has 2 aromatic heterocycles. The summed E-state index contributed by atoms with van der Waals surface area (Å²) in [7, 11) is -4.18. The molecule has 1 aliphatic rings. The minimum atomic E-state index is -4.58. The second kappa shape index (κ2) is 10.6. The summed E-state index contributed by atoms with van der Waals surface area (Å²) in [5.74, 6) is -0.0261. The SMILES string of the molecule is Cc1cc2c(cnn2-c2ccc(F)cc2)cc1[C@@H]1CN(S(=O)(=O)c2cnn(CC(F)(F)F)n2)CCN1CC(C)C. The standard InChI is InChI=1S/C26H29F4N7O2S/c1-17(2)14-34-8-9-35(40(38,39)25-13-31-36(33-25)16-26(28,29)30)15-24(34)22-11-19-12-32-37(23(19)10-18(22)3)21-6-4-20(27)5-7-21/h4-7,10-13,17,24H,8-9,14-16H2,1-3H3/t24-/m0/s1. The van der Waals surface area contributed by atoms with E-state index in [-0.39, 0.29) is 24.9 Å². The van der Waals surface area contributed by atoms with Gasteiger partial charge in [-0.15, -0.1) is 5.10 Å². The van der Waals surface area contributed by atoms with Gasteiger partial charge in [0, 0.05) is 37.6 Å². The highest BCUT2D eigenvalue weighted by molar-refractivity contribution is 7.89. The molecule has 2 aromatic carbocycles. The Bertz CT molecular complexity index is 1610. The van der Waals surface area contributed by atoms with Crippen molar-refractivity contribution in [2.45, 2.75) is 44.6 Å². The first kappa shape index (κ1) is 28.2. The van der Waals surface area contributed by atoms with Gasteiger partial charge in [-0.25, -0.2) is 17.5 Å². The molecule has 0 spiro atoms. The molecule has 214 valence electrons. The number of piperazine rings is 1. The second-order valence-corrected chi connectivity index (χ2v) is 12.3. The van der Waals surface area contributed by atoms with E-state index in [9.17, 15) is 26.0 Å². The maximum absolute atomic E-state index is 13.4. The molecule has 3 heterocycles. The van der Waals surface area contributed by atoms with Crippen LogP contribution in [0.2, 0.25) is 0 Å². The Morgan fingerprint density at radius 2 is 1.77 bits per heavy atom. The van der Waals surface area contributed by atoms with Gasteiger partial charge in [-0.2, -0.15) is 32.5 Å². The lowest BCUT2D eigenvalue weighted by molar-refractivity contribution is -0.145. The van der Waals surface area contributed by atoms with E-state index in [0.717, 1.165) is 34.8 Å². The number of alkyl halides is 3. The van der Waals surface area contributed by atoms with Crippen LogP contribution in [0.5, 0.6) is 0 Å². The van der Waals surface area contributed by atoms with Crippen LogP contribution in [0.15, 0.2) is 53.8 Å². The lowest BCUT2D eigenvalue weighted by Gasteiger charge is -2.42. The molecule has 14 heteroatoms.